The molecule has 1 aromatic heterocycles. The van der Waals surface area contributed by atoms with Gasteiger partial charge in [0.1, 0.15) is 0 Å². The number of hydrogen-bond acceptors (Lipinski definition) is 7. The predicted octanol–water partition coefficient (Wildman–Crippen LogP) is 2.82. The fourth-order valence-corrected chi connectivity index (χ4v) is 3.76. The van der Waals surface area contributed by atoms with Gasteiger partial charge in [0.05, 0.1) is 6.61 Å². The standard InChI is InChI=1S/C15H24N4O.2C2HF3O2/c1-18-13(12-20-2)4-5-15(18)6-10-19(11-7-15)14-16-8-3-9-17-14;2*3-2(4,5)1(6)7/h3,8-9,13H,4-7,10-12H2,1-2H3;2*(H,6,7). The number of aromatic nitrogens is 2. The van der Waals surface area contributed by atoms with E-state index in [9.17, 15) is 26.3 Å². The largest absolute Gasteiger partial charge is 0.490 e. The van der Waals surface area contributed by atoms with Crippen molar-refractivity contribution in [2.24, 2.45) is 0 Å². The Bertz CT molecular complexity index is 762. The lowest BCUT2D eigenvalue weighted by Gasteiger charge is -2.45. The Labute approximate surface area is 191 Å². The number of carbonyl (C=O) groups is 2. The summed E-state index contributed by atoms with van der Waals surface area (Å²) in [6.07, 6.45) is -1.58. The number of ether oxygens (including phenoxy) is 1. The molecule has 2 fully saturated rings. The summed E-state index contributed by atoms with van der Waals surface area (Å²) in [5, 5.41) is 14.2. The highest BCUT2D eigenvalue weighted by Crippen LogP contribution is 2.40. The van der Waals surface area contributed by atoms with Crippen molar-refractivity contribution >= 4 is 17.9 Å². The fourth-order valence-electron chi connectivity index (χ4n) is 3.76. The van der Waals surface area contributed by atoms with Gasteiger partial charge in [-0.2, -0.15) is 26.3 Å². The molecule has 0 aliphatic carbocycles. The molecule has 2 aliphatic heterocycles. The van der Waals surface area contributed by atoms with E-state index in [2.05, 4.69) is 26.8 Å². The molecule has 0 radical (unpaired) electrons. The van der Waals surface area contributed by atoms with Crippen molar-refractivity contribution in [2.75, 3.05) is 38.8 Å². The Kier molecular flexibility index (Phi) is 10.5. The lowest BCUT2D eigenvalue weighted by atomic mass is 9.85. The number of methoxy groups -OCH3 is 1. The Balaban J connectivity index is 0.000000343. The van der Waals surface area contributed by atoms with Crippen LogP contribution >= 0.6 is 0 Å². The maximum Gasteiger partial charge on any atom is 0.490 e. The quantitative estimate of drug-likeness (QED) is 0.600. The molecule has 0 bridgehead atoms. The molecule has 9 nitrogen and oxygen atoms in total. The first-order valence-electron chi connectivity index (χ1n) is 9.98. The summed E-state index contributed by atoms with van der Waals surface area (Å²) >= 11 is 0. The van der Waals surface area contributed by atoms with Gasteiger partial charge in [0.15, 0.2) is 0 Å². The van der Waals surface area contributed by atoms with E-state index in [0.717, 1.165) is 25.6 Å². The molecule has 1 atom stereocenters. The Morgan fingerprint density at radius 3 is 1.85 bits per heavy atom. The number of carboxylic acid groups (broad SMARTS) is 2. The average molecular weight is 504 g/mol. The van der Waals surface area contributed by atoms with Crippen LogP contribution < -0.4 is 4.90 Å². The van der Waals surface area contributed by atoms with Crippen LogP contribution in [0.1, 0.15) is 25.7 Å². The second kappa shape index (κ2) is 12.1. The molecule has 0 saturated carbocycles. The van der Waals surface area contributed by atoms with Crippen molar-refractivity contribution in [1.29, 1.82) is 0 Å². The van der Waals surface area contributed by atoms with E-state index in [0.29, 0.717) is 11.6 Å². The minimum Gasteiger partial charge on any atom is -0.475 e. The minimum atomic E-state index is -5.08. The summed E-state index contributed by atoms with van der Waals surface area (Å²) in [6, 6.07) is 2.45. The number of rotatable bonds is 3. The van der Waals surface area contributed by atoms with Crippen molar-refractivity contribution in [2.45, 2.75) is 49.6 Å². The van der Waals surface area contributed by atoms with Crippen LogP contribution in [0, 0.1) is 0 Å². The van der Waals surface area contributed by atoms with Gasteiger partial charge in [0.25, 0.3) is 0 Å². The highest BCUT2D eigenvalue weighted by atomic mass is 19.4. The monoisotopic (exact) mass is 504 g/mol. The number of nitrogens with zero attached hydrogens (tertiary/aromatic N) is 4. The molecule has 1 unspecified atom stereocenters. The first kappa shape index (κ1) is 29.4. The Morgan fingerprint density at radius 1 is 1.03 bits per heavy atom. The normalized spacial score (nSPS) is 20.1. The molecule has 1 spiro atoms. The molecule has 0 amide bonds. The second-order valence-electron chi connectivity index (χ2n) is 7.62. The van der Waals surface area contributed by atoms with E-state index in [1.165, 1.54) is 25.7 Å². The SMILES string of the molecule is COCC1CCC2(CCN(c3ncccn3)CC2)N1C.O=C(O)C(F)(F)F.O=C(O)C(F)(F)F. The minimum absolute atomic E-state index is 0.370. The molecular formula is C19H26F6N4O5. The van der Waals surface area contributed by atoms with E-state index < -0.39 is 24.3 Å². The van der Waals surface area contributed by atoms with Gasteiger partial charge in [-0.25, -0.2) is 19.6 Å². The molecule has 194 valence electrons. The van der Waals surface area contributed by atoms with Gasteiger partial charge in [-0.15, -0.1) is 0 Å². The lowest BCUT2D eigenvalue weighted by molar-refractivity contribution is -0.193. The molecule has 3 rings (SSSR count). The lowest BCUT2D eigenvalue weighted by Crippen LogP contribution is -2.53. The molecule has 2 aliphatic rings. The van der Waals surface area contributed by atoms with Crippen LogP contribution in [0.4, 0.5) is 32.3 Å². The highest BCUT2D eigenvalue weighted by molar-refractivity contribution is 5.73. The summed E-state index contributed by atoms with van der Waals surface area (Å²) in [6.45, 7) is 2.95. The Hall–Kier alpha value is -2.68. The third-order valence-corrected chi connectivity index (χ3v) is 5.61. The predicted molar refractivity (Wildman–Crippen MR) is 106 cm³/mol. The van der Waals surface area contributed by atoms with Crippen LogP contribution in [-0.2, 0) is 14.3 Å². The van der Waals surface area contributed by atoms with Crippen LogP contribution in [0.3, 0.4) is 0 Å². The van der Waals surface area contributed by atoms with E-state index in [4.69, 9.17) is 24.5 Å². The van der Waals surface area contributed by atoms with Crippen LogP contribution in [0.2, 0.25) is 0 Å². The van der Waals surface area contributed by atoms with E-state index in [1.54, 1.807) is 7.11 Å². The third kappa shape index (κ3) is 8.59. The first-order chi connectivity index (χ1) is 15.6. The zero-order valence-corrected chi connectivity index (χ0v) is 18.4. The summed E-state index contributed by atoms with van der Waals surface area (Å²) in [5.41, 5.74) is 0.370. The van der Waals surface area contributed by atoms with Gasteiger partial charge < -0.3 is 19.8 Å². The van der Waals surface area contributed by atoms with Gasteiger partial charge in [0.2, 0.25) is 5.95 Å². The van der Waals surface area contributed by atoms with Crippen molar-refractivity contribution in [1.82, 2.24) is 14.9 Å². The smallest absolute Gasteiger partial charge is 0.475 e. The number of aliphatic carboxylic acids is 2. The summed E-state index contributed by atoms with van der Waals surface area (Å²) < 4.78 is 68.8. The fraction of sp³-hybridized carbons (Fsp3) is 0.684. The number of piperidine rings is 1. The summed E-state index contributed by atoms with van der Waals surface area (Å²) in [5.74, 6) is -4.64. The zero-order chi connectivity index (χ0) is 26.2. The number of anilines is 1. The van der Waals surface area contributed by atoms with Gasteiger partial charge in [-0.3, -0.25) is 4.90 Å². The molecule has 2 N–H and O–H groups in total. The number of hydrogen-bond donors (Lipinski definition) is 2. The van der Waals surface area contributed by atoms with Crippen LogP contribution in [0.15, 0.2) is 18.5 Å². The maximum absolute atomic E-state index is 10.6. The van der Waals surface area contributed by atoms with Crippen LogP contribution in [0.5, 0.6) is 0 Å². The molecule has 1 aromatic rings. The van der Waals surface area contributed by atoms with Gasteiger partial charge >= 0.3 is 24.3 Å². The number of alkyl halides is 6. The van der Waals surface area contributed by atoms with E-state index in [-0.39, 0.29) is 0 Å². The highest BCUT2D eigenvalue weighted by Gasteiger charge is 2.45. The molecule has 15 heteroatoms. The molecular weight excluding hydrogens is 478 g/mol. The van der Waals surface area contributed by atoms with Crippen LogP contribution in [0.25, 0.3) is 0 Å². The summed E-state index contributed by atoms with van der Waals surface area (Å²) in [4.78, 5) is 31.4. The number of likely N-dealkylation sites (tertiary alicyclic amines) is 1. The number of carboxylic acids is 2. The topological polar surface area (TPSA) is 116 Å². The first-order valence-corrected chi connectivity index (χ1v) is 9.98. The number of halogens is 6. The Morgan fingerprint density at radius 2 is 1.47 bits per heavy atom. The second-order valence-corrected chi connectivity index (χ2v) is 7.62. The maximum atomic E-state index is 10.6. The van der Waals surface area contributed by atoms with Gasteiger partial charge in [-0.1, -0.05) is 0 Å². The number of likely N-dealkylation sites (N-methyl/N-ethyl adjacent to an activating group) is 1. The van der Waals surface area contributed by atoms with Crippen molar-refractivity contribution in [3.05, 3.63) is 18.5 Å². The van der Waals surface area contributed by atoms with E-state index in [1.807, 2.05) is 18.5 Å². The van der Waals surface area contributed by atoms with Crippen molar-refractivity contribution < 1.29 is 50.9 Å². The molecule has 2 saturated heterocycles. The zero-order valence-electron chi connectivity index (χ0n) is 18.4. The molecule has 3 heterocycles. The van der Waals surface area contributed by atoms with Gasteiger partial charge in [-0.05, 0) is 38.8 Å². The molecule has 0 aromatic carbocycles. The third-order valence-electron chi connectivity index (χ3n) is 5.61. The van der Waals surface area contributed by atoms with Crippen molar-refractivity contribution in [3.63, 3.8) is 0 Å². The van der Waals surface area contributed by atoms with Gasteiger partial charge in [0, 0.05) is 44.2 Å². The molecule has 34 heavy (non-hydrogen) atoms. The summed E-state index contributed by atoms with van der Waals surface area (Å²) in [7, 11) is 4.07. The van der Waals surface area contributed by atoms with Crippen molar-refractivity contribution in [3.8, 4) is 0 Å². The van der Waals surface area contributed by atoms with E-state index >= 15 is 0 Å². The van der Waals surface area contributed by atoms with Crippen LogP contribution in [-0.4, -0.2) is 94.8 Å². The average Bonchev–Trinajstić information content (AvgIpc) is 3.04.